The molecule has 0 fully saturated rings. The number of H-pyrrole nitrogens is 1. The number of hydrogen-bond donors (Lipinski definition) is 4. The van der Waals surface area contributed by atoms with E-state index in [-0.39, 0.29) is 40.3 Å². The number of halogens is 2. The number of hydrogen-bond acceptors (Lipinski definition) is 10. The summed E-state index contributed by atoms with van der Waals surface area (Å²) in [5.74, 6) is 0.255. The maximum Gasteiger partial charge on any atom is 0.234 e. The van der Waals surface area contributed by atoms with Gasteiger partial charge in [0.15, 0.2) is 17.5 Å². The molecule has 0 radical (unpaired) electrons. The van der Waals surface area contributed by atoms with Gasteiger partial charge in [-0.2, -0.15) is 9.97 Å². The molecule has 1 atom stereocenters. The van der Waals surface area contributed by atoms with Gasteiger partial charge in [0.2, 0.25) is 21.9 Å². The van der Waals surface area contributed by atoms with Crippen LogP contribution >= 0.6 is 11.6 Å². The minimum Gasteiger partial charge on any atom is -0.474 e. The van der Waals surface area contributed by atoms with Crippen molar-refractivity contribution in [3.8, 4) is 5.88 Å². The van der Waals surface area contributed by atoms with Crippen molar-refractivity contribution in [2.45, 2.75) is 39.8 Å². The van der Waals surface area contributed by atoms with Gasteiger partial charge in [0.25, 0.3) is 0 Å². The van der Waals surface area contributed by atoms with Crippen molar-refractivity contribution in [1.29, 1.82) is 0 Å². The summed E-state index contributed by atoms with van der Waals surface area (Å²) in [7, 11) is -3.68. The van der Waals surface area contributed by atoms with Crippen LogP contribution in [0.2, 0.25) is 5.02 Å². The van der Waals surface area contributed by atoms with E-state index >= 15 is 0 Å². The highest BCUT2D eigenvalue weighted by Crippen LogP contribution is 2.32. The third-order valence-corrected chi connectivity index (χ3v) is 5.64. The van der Waals surface area contributed by atoms with E-state index in [1.54, 1.807) is 13.0 Å². The predicted molar refractivity (Wildman–Crippen MR) is 122 cm³/mol. The topological polar surface area (TPSA) is 160 Å². The second kappa shape index (κ2) is 10.1. The average Bonchev–Trinajstić information content (AvgIpc) is 3.17. The second-order valence-corrected chi connectivity index (χ2v) is 9.49. The molecule has 0 aliphatic carbocycles. The van der Waals surface area contributed by atoms with Crippen LogP contribution in [0.25, 0.3) is 0 Å². The molecule has 3 heterocycles. The van der Waals surface area contributed by atoms with Gasteiger partial charge in [0, 0.05) is 6.07 Å². The third kappa shape index (κ3) is 6.61. The summed E-state index contributed by atoms with van der Waals surface area (Å²) in [6.45, 7) is 6.90. The molecular weight excluding hydrogens is 477 g/mol. The molecule has 0 spiro atoms. The molecule has 0 unspecified atom stereocenters. The lowest BCUT2D eigenvalue weighted by Crippen LogP contribution is -2.18. The molecule has 0 amide bonds. The number of nitrogens with zero attached hydrogens (tertiary/aromatic N) is 5. The zero-order valence-corrected chi connectivity index (χ0v) is 19.8. The van der Waals surface area contributed by atoms with Gasteiger partial charge in [-0.25, -0.2) is 22.8 Å². The molecule has 12 nitrogen and oxygen atoms in total. The minimum atomic E-state index is -3.68. The Hall–Kier alpha value is -3.26. The van der Waals surface area contributed by atoms with Gasteiger partial charge in [-0.05, 0) is 27.7 Å². The summed E-state index contributed by atoms with van der Waals surface area (Å²) < 4.78 is 45.2. The lowest BCUT2D eigenvalue weighted by molar-refractivity contribution is 0.232. The first-order chi connectivity index (χ1) is 15.6. The first-order valence-corrected chi connectivity index (χ1v) is 11.9. The van der Waals surface area contributed by atoms with Crippen LogP contribution in [-0.4, -0.2) is 50.4 Å². The number of rotatable bonds is 10. The Balaban J connectivity index is 1.93. The molecule has 33 heavy (non-hydrogen) atoms. The van der Waals surface area contributed by atoms with Gasteiger partial charge < -0.3 is 15.4 Å². The van der Waals surface area contributed by atoms with Crippen molar-refractivity contribution in [2.75, 3.05) is 21.1 Å². The number of anilines is 4. The first-order valence-electron chi connectivity index (χ1n) is 9.87. The van der Waals surface area contributed by atoms with E-state index in [4.69, 9.17) is 16.3 Å². The molecular formula is C18H23ClFN9O3S. The standard InChI is InChI=1S/C18H23ClFN9O3S/c1-5-33(30,31)29-17-14(19)16(24-12-6-13(28-27-12)32-9(2)3)25-18(26-17)23-10(4)15-21-7-11(20)8-22-15/h6-10H,5H2,1-4H3,(H4,23,24,25,26,27,28,29)/t10-/m0/s1. The SMILES string of the molecule is CCS(=O)(=O)Nc1nc(N[C@@H](C)c2ncc(F)cn2)nc(Nc2cc(OC(C)C)n[nH]2)c1Cl. The summed E-state index contributed by atoms with van der Waals surface area (Å²) in [5, 5.41) is 12.6. The van der Waals surface area contributed by atoms with Crippen LogP contribution in [0.4, 0.5) is 27.8 Å². The fraction of sp³-hybridized carbons (Fsp3) is 0.389. The van der Waals surface area contributed by atoms with E-state index < -0.39 is 21.9 Å². The largest absolute Gasteiger partial charge is 0.474 e. The fourth-order valence-electron chi connectivity index (χ4n) is 2.48. The van der Waals surface area contributed by atoms with Crippen LogP contribution in [0.15, 0.2) is 18.5 Å². The monoisotopic (exact) mass is 499 g/mol. The summed E-state index contributed by atoms with van der Waals surface area (Å²) in [6.07, 6.45) is 1.99. The van der Waals surface area contributed by atoms with Gasteiger partial charge in [-0.1, -0.05) is 11.6 Å². The maximum atomic E-state index is 13.1. The Bertz CT molecular complexity index is 1210. The van der Waals surface area contributed by atoms with E-state index in [0.717, 1.165) is 12.4 Å². The van der Waals surface area contributed by atoms with Crippen molar-refractivity contribution in [1.82, 2.24) is 30.1 Å². The highest BCUT2D eigenvalue weighted by molar-refractivity contribution is 7.92. The minimum absolute atomic E-state index is 0.0225. The average molecular weight is 500 g/mol. The smallest absolute Gasteiger partial charge is 0.234 e. The van der Waals surface area contributed by atoms with Crippen LogP contribution < -0.4 is 20.1 Å². The predicted octanol–water partition coefficient (Wildman–Crippen LogP) is 3.25. The molecule has 178 valence electrons. The quantitative estimate of drug-likeness (QED) is 0.326. The van der Waals surface area contributed by atoms with E-state index in [1.807, 2.05) is 13.8 Å². The van der Waals surface area contributed by atoms with E-state index in [9.17, 15) is 12.8 Å². The molecule has 15 heteroatoms. The van der Waals surface area contributed by atoms with Crippen LogP contribution in [0, 0.1) is 5.82 Å². The number of ether oxygens (including phenoxy) is 1. The molecule has 0 aliphatic heterocycles. The van der Waals surface area contributed by atoms with E-state index in [2.05, 4.69) is 45.5 Å². The van der Waals surface area contributed by atoms with Crippen LogP contribution in [0.5, 0.6) is 5.88 Å². The van der Waals surface area contributed by atoms with E-state index in [0.29, 0.717) is 11.7 Å². The number of nitrogens with one attached hydrogen (secondary N) is 4. The number of aromatic nitrogens is 6. The van der Waals surface area contributed by atoms with Gasteiger partial charge in [-0.3, -0.25) is 9.82 Å². The van der Waals surface area contributed by atoms with Crippen molar-refractivity contribution in [3.05, 3.63) is 35.1 Å². The second-order valence-electron chi connectivity index (χ2n) is 7.10. The molecule has 0 aliphatic rings. The lowest BCUT2D eigenvalue weighted by Gasteiger charge is -2.16. The van der Waals surface area contributed by atoms with Gasteiger partial charge in [0.05, 0.1) is 30.3 Å². The van der Waals surface area contributed by atoms with Crippen LogP contribution in [0.1, 0.15) is 39.6 Å². The van der Waals surface area contributed by atoms with Gasteiger partial charge in [-0.15, -0.1) is 5.10 Å². The lowest BCUT2D eigenvalue weighted by atomic mass is 10.3. The summed E-state index contributed by atoms with van der Waals surface area (Å²) >= 11 is 6.38. The first kappa shape index (κ1) is 24.4. The van der Waals surface area contributed by atoms with Crippen molar-refractivity contribution in [3.63, 3.8) is 0 Å². The summed E-state index contributed by atoms with van der Waals surface area (Å²) in [5.41, 5.74) is 0. The Morgan fingerprint density at radius 3 is 2.48 bits per heavy atom. The normalized spacial score (nSPS) is 12.5. The van der Waals surface area contributed by atoms with Crippen molar-refractivity contribution < 1.29 is 17.5 Å². The molecule has 3 aromatic heterocycles. The van der Waals surface area contributed by atoms with Crippen molar-refractivity contribution >= 4 is 45.0 Å². The molecule has 3 rings (SSSR count). The van der Waals surface area contributed by atoms with Crippen LogP contribution in [0.3, 0.4) is 0 Å². The van der Waals surface area contributed by atoms with Gasteiger partial charge >= 0.3 is 0 Å². The molecule has 0 bridgehead atoms. The molecule has 0 aromatic carbocycles. The van der Waals surface area contributed by atoms with Crippen molar-refractivity contribution in [2.24, 2.45) is 0 Å². The number of sulfonamides is 1. The highest BCUT2D eigenvalue weighted by Gasteiger charge is 2.20. The molecule has 0 saturated carbocycles. The zero-order valence-electron chi connectivity index (χ0n) is 18.2. The zero-order chi connectivity index (χ0) is 24.2. The number of aromatic amines is 1. The van der Waals surface area contributed by atoms with Crippen LogP contribution in [-0.2, 0) is 10.0 Å². The fourth-order valence-corrected chi connectivity index (χ4v) is 3.30. The maximum absolute atomic E-state index is 13.1. The van der Waals surface area contributed by atoms with E-state index in [1.165, 1.54) is 6.92 Å². The highest BCUT2D eigenvalue weighted by atomic mass is 35.5. The van der Waals surface area contributed by atoms with Gasteiger partial charge in [0.1, 0.15) is 16.7 Å². The Morgan fingerprint density at radius 1 is 1.18 bits per heavy atom. The molecule has 4 N–H and O–H groups in total. The summed E-state index contributed by atoms with van der Waals surface area (Å²) in [4.78, 5) is 16.3. The molecule has 0 saturated heterocycles. The Morgan fingerprint density at radius 2 is 1.85 bits per heavy atom. The Kier molecular flexibility index (Phi) is 7.48. The molecule has 3 aromatic rings. The summed E-state index contributed by atoms with van der Waals surface area (Å²) in [6, 6.07) is 1.06. The third-order valence-electron chi connectivity index (χ3n) is 4.02. The Labute approximate surface area is 194 Å².